The molecule has 8 aromatic rings. The van der Waals surface area contributed by atoms with Crippen molar-refractivity contribution in [3.05, 3.63) is 209 Å². The van der Waals surface area contributed by atoms with E-state index in [1.165, 1.54) is 55.3 Å². The van der Waals surface area contributed by atoms with Crippen molar-refractivity contribution >= 4 is 39.9 Å². The Balaban J connectivity index is 0.959. The van der Waals surface area contributed by atoms with Gasteiger partial charge in [0.2, 0.25) is 0 Å². The van der Waals surface area contributed by atoms with Gasteiger partial charge in [0.15, 0.2) is 0 Å². The van der Waals surface area contributed by atoms with Crippen LogP contribution in [0.15, 0.2) is 176 Å². The van der Waals surface area contributed by atoms with Crippen LogP contribution in [0, 0.1) is 0 Å². The second kappa shape index (κ2) is 12.6. The summed E-state index contributed by atoms with van der Waals surface area (Å²) in [5, 5.41) is 2.42. The topological polar surface area (TPSA) is 3.24 Å². The van der Waals surface area contributed by atoms with Crippen LogP contribution in [0.3, 0.4) is 0 Å². The zero-order valence-corrected chi connectivity index (χ0v) is 31.7. The Kier molecular flexibility index (Phi) is 7.08. The largest absolute Gasteiger partial charge is 0.310 e. The molecule has 0 atom stereocenters. The van der Waals surface area contributed by atoms with Gasteiger partial charge in [-0.1, -0.05) is 173 Å². The minimum Gasteiger partial charge on any atom is -0.310 e. The Morgan fingerprint density at radius 3 is 1.71 bits per heavy atom. The summed E-state index contributed by atoms with van der Waals surface area (Å²) in [4.78, 5) is 2.34. The van der Waals surface area contributed by atoms with Gasteiger partial charge in [-0.2, -0.15) is 0 Å². The lowest BCUT2D eigenvalue weighted by Crippen LogP contribution is -2.16. The van der Waals surface area contributed by atoms with Crippen molar-refractivity contribution in [3.63, 3.8) is 0 Å². The number of nitrogens with zero attached hydrogens (tertiary/aromatic N) is 1. The van der Waals surface area contributed by atoms with Crippen LogP contribution >= 0.6 is 0 Å². The number of hydrogen-bond acceptors (Lipinski definition) is 1. The molecule has 55 heavy (non-hydrogen) atoms. The van der Waals surface area contributed by atoms with Gasteiger partial charge in [-0.3, -0.25) is 0 Å². The van der Waals surface area contributed by atoms with E-state index in [9.17, 15) is 1.37 Å². The summed E-state index contributed by atoms with van der Waals surface area (Å²) in [7, 11) is 0. The molecule has 0 aliphatic heterocycles. The summed E-state index contributed by atoms with van der Waals surface area (Å²) >= 11 is 0. The highest BCUT2D eigenvalue weighted by Gasteiger charge is 2.37. The molecule has 0 bridgehead atoms. The predicted molar refractivity (Wildman–Crippen MR) is 235 cm³/mol. The third-order valence-corrected chi connectivity index (χ3v) is 12.1. The van der Waals surface area contributed by atoms with Gasteiger partial charge in [-0.25, -0.2) is 0 Å². The molecular formula is C54H43N. The molecule has 1 heteroatoms. The average Bonchev–Trinajstić information content (AvgIpc) is 3.62. The van der Waals surface area contributed by atoms with Crippen LogP contribution in [0.5, 0.6) is 0 Å². The van der Waals surface area contributed by atoms with Crippen LogP contribution in [0.25, 0.3) is 56.3 Å². The Labute approximate surface area is 327 Å². The average molecular weight is 708 g/mol. The molecule has 0 saturated heterocycles. The van der Waals surface area contributed by atoms with E-state index < -0.39 is 0 Å². The lowest BCUT2D eigenvalue weighted by atomic mass is 9.81. The summed E-state index contributed by atoms with van der Waals surface area (Å²) in [6.45, 7) is 9.17. The summed E-state index contributed by atoms with van der Waals surface area (Å²) in [6.07, 6.45) is 0. The maximum absolute atomic E-state index is 9.24. The standard InChI is InChI=1S/C54H43N/c1-53(2)49-17-11-10-16-45(49)47-30-26-41(34-51(47)53)39-23-20-36(21-24-39)18-19-37-22-29-46-48-31-28-44(35-52(48)54(3,4)50(46)32-37)55(42-14-6-5-7-15-42)43-27-25-38-12-8-9-13-40(38)33-43/h5-35H,1-4H3/b19-18+/i18D,19D. The Hall–Kier alpha value is -6.44. The summed E-state index contributed by atoms with van der Waals surface area (Å²) in [6, 6.07) is 63.0. The number of benzene rings is 8. The number of rotatable bonds is 6. The quantitative estimate of drug-likeness (QED) is 0.156. The Morgan fingerprint density at radius 1 is 0.382 bits per heavy atom. The smallest absolute Gasteiger partial charge is 0.0629 e. The molecule has 0 amide bonds. The van der Waals surface area contributed by atoms with Crippen LogP contribution in [0.4, 0.5) is 17.1 Å². The molecule has 8 aromatic carbocycles. The van der Waals surface area contributed by atoms with Gasteiger partial charge >= 0.3 is 0 Å². The monoisotopic (exact) mass is 707 g/mol. The Morgan fingerprint density at radius 2 is 0.909 bits per heavy atom. The lowest BCUT2D eigenvalue weighted by Gasteiger charge is -2.28. The van der Waals surface area contributed by atoms with E-state index >= 15 is 0 Å². The number of anilines is 3. The van der Waals surface area contributed by atoms with Gasteiger partial charge in [0.05, 0.1) is 2.74 Å². The first-order chi connectivity index (χ1) is 27.6. The van der Waals surface area contributed by atoms with Crippen molar-refractivity contribution in [2.45, 2.75) is 38.5 Å². The third kappa shape index (κ3) is 5.45. The number of para-hydroxylation sites is 1. The maximum Gasteiger partial charge on any atom is 0.0629 e. The van der Waals surface area contributed by atoms with Gasteiger partial charge < -0.3 is 4.90 Å². The van der Waals surface area contributed by atoms with E-state index in [1.54, 1.807) is 0 Å². The molecule has 0 fully saturated rings. The summed E-state index contributed by atoms with van der Waals surface area (Å²) in [5.41, 5.74) is 16.9. The van der Waals surface area contributed by atoms with Gasteiger partial charge in [-0.05, 0) is 120 Å². The zero-order valence-electron chi connectivity index (χ0n) is 33.7. The normalized spacial score (nSPS) is 15.3. The first-order valence-electron chi connectivity index (χ1n) is 20.3. The van der Waals surface area contributed by atoms with Gasteiger partial charge in [0.1, 0.15) is 0 Å². The number of fused-ring (bicyclic) bond motifs is 7. The molecule has 0 saturated carbocycles. The molecule has 10 rings (SSSR count). The van der Waals surface area contributed by atoms with E-state index in [1.807, 2.05) is 18.2 Å². The maximum atomic E-state index is 9.24. The van der Waals surface area contributed by atoms with Gasteiger partial charge in [-0.15, -0.1) is 0 Å². The van der Waals surface area contributed by atoms with Crippen molar-refractivity contribution in [1.82, 2.24) is 0 Å². The van der Waals surface area contributed by atoms with Crippen molar-refractivity contribution in [3.8, 4) is 33.4 Å². The number of hydrogen-bond donors (Lipinski definition) is 0. The fraction of sp³-hybridized carbons (Fsp3) is 0.111. The van der Waals surface area contributed by atoms with Crippen molar-refractivity contribution in [1.29, 1.82) is 0 Å². The van der Waals surface area contributed by atoms with E-state index in [0.29, 0.717) is 0 Å². The minimum atomic E-state index is -0.307. The first kappa shape index (κ1) is 31.0. The van der Waals surface area contributed by atoms with E-state index in [4.69, 9.17) is 1.37 Å². The highest BCUT2D eigenvalue weighted by atomic mass is 15.1. The molecule has 0 aromatic heterocycles. The molecule has 0 unspecified atom stereocenters. The minimum absolute atomic E-state index is 0.0619. The van der Waals surface area contributed by atoms with Gasteiger partial charge in [0, 0.05) is 27.9 Å². The molecule has 2 aliphatic rings. The van der Waals surface area contributed by atoms with Crippen molar-refractivity contribution < 1.29 is 2.74 Å². The molecule has 264 valence electrons. The fourth-order valence-electron chi connectivity index (χ4n) is 9.06. The first-order valence-corrected chi connectivity index (χ1v) is 19.3. The second-order valence-electron chi connectivity index (χ2n) is 16.1. The summed E-state index contributed by atoms with van der Waals surface area (Å²) < 4.78 is 18.4. The van der Waals surface area contributed by atoms with E-state index in [0.717, 1.165) is 39.3 Å². The third-order valence-electron chi connectivity index (χ3n) is 12.1. The zero-order chi connectivity index (χ0) is 39.1. The lowest BCUT2D eigenvalue weighted by molar-refractivity contribution is 0.660. The van der Waals surface area contributed by atoms with Crippen LogP contribution in [0.1, 0.15) is 63.8 Å². The van der Waals surface area contributed by atoms with Crippen LogP contribution in [-0.4, -0.2) is 0 Å². The second-order valence-corrected chi connectivity index (χ2v) is 16.1. The molecule has 0 radical (unpaired) electrons. The molecule has 2 aliphatic carbocycles. The fourth-order valence-corrected chi connectivity index (χ4v) is 9.06. The van der Waals surface area contributed by atoms with Crippen LogP contribution in [0.2, 0.25) is 0 Å². The van der Waals surface area contributed by atoms with Crippen LogP contribution < -0.4 is 4.90 Å². The van der Waals surface area contributed by atoms with Crippen molar-refractivity contribution in [2.24, 2.45) is 0 Å². The van der Waals surface area contributed by atoms with E-state index in [2.05, 4.69) is 190 Å². The van der Waals surface area contributed by atoms with Gasteiger partial charge in [0.25, 0.3) is 0 Å². The predicted octanol–water partition coefficient (Wildman–Crippen LogP) is 14.8. The molecule has 0 heterocycles. The highest BCUT2D eigenvalue weighted by molar-refractivity contribution is 5.91. The molecule has 0 spiro atoms. The highest BCUT2D eigenvalue weighted by Crippen LogP contribution is 2.52. The summed E-state index contributed by atoms with van der Waals surface area (Å²) in [5.74, 6) is 0. The Bertz CT molecular complexity index is 2920. The van der Waals surface area contributed by atoms with Crippen LogP contribution in [-0.2, 0) is 10.8 Å². The molecule has 0 N–H and O–H groups in total. The van der Waals surface area contributed by atoms with E-state index in [-0.39, 0.29) is 22.9 Å². The van der Waals surface area contributed by atoms with Crippen molar-refractivity contribution in [2.75, 3.05) is 4.90 Å². The molecule has 1 nitrogen and oxygen atoms in total. The SMILES string of the molecule is [2H]/C(=C(/[2H])c1ccc2c(c1)C(C)(C)c1cc(N(c3ccccc3)c3ccc4ccccc4c3)ccc1-2)c1ccc(-c2ccc3c(c2)C(C)(C)c2ccccc2-3)cc1. The molecular weight excluding hydrogens is 663 g/mol.